The molecule has 1 heterocycles. The summed E-state index contributed by atoms with van der Waals surface area (Å²) in [6.45, 7) is 1.65. The first-order valence-electron chi connectivity index (χ1n) is 26.9. The molecule has 35 rings (SSSR count). The lowest BCUT2D eigenvalue weighted by Crippen LogP contribution is -2.40. The fourth-order valence-electron chi connectivity index (χ4n) is 27.0. The number of amides is 2. The van der Waals surface area contributed by atoms with Crippen molar-refractivity contribution in [3.8, 4) is 0 Å². The van der Waals surface area contributed by atoms with Gasteiger partial charge in [0, 0.05) is 6.92 Å². The van der Waals surface area contributed by atoms with Gasteiger partial charge in [-0.3, -0.25) is 9.59 Å². The molecule has 3 nitrogen and oxygen atoms in total. The zero-order valence-corrected chi connectivity index (χ0v) is 37.1. The summed E-state index contributed by atoms with van der Waals surface area (Å²) in [5, 5.41) is 83.8. The molecular weight excluding hydrogens is 887 g/mol. The van der Waals surface area contributed by atoms with Crippen molar-refractivity contribution in [2.24, 2.45) is 0 Å². The van der Waals surface area contributed by atoms with E-state index in [0.717, 1.165) is 11.3 Å². The van der Waals surface area contributed by atoms with Crippen molar-refractivity contribution in [1.82, 2.24) is 0 Å². The van der Waals surface area contributed by atoms with Crippen molar-refractivity contribution < 1.29 is 9.59 Å². The second-order valence-corrected chi connectivity index (χ2v) is 26.7. The van der Waals surface area contributed by atoms with Crippen LogP contribution in [0.25, 0.3) is 291 Å². The Hall–Kier alpha value is -9.18. The maximum Gasteiger partial charge on any atom is 0.247 e. The Balaban J connectivity index is 1.15. The van der Waals surface area contributed by atoms with Crippen LogP contribution < -0.4 is 4.90 Å². The maximum absolute atomic E-state index is 17.4. The minimum Gasteiger partial charge on any atom is -0.274 e. The summed E-state index contributed by atoms with van der Waals surface area (Å²) in [4.78, 5) is 33.7. The van der Waals surface area contributed by atoms with Gasteiger partial charge >= 0.3 is 0 Å². The van der Waals surface area contributed by atoms with Crippen molar-refractivity contribution >= 4 is 308 Å². The van der Waals surface area contributed by atoms with Gasteiger partial charge in [0.2, 0.25) is 11.8 Å². The number of fused-ring (bicyclic) bond motifs is 2. The SMILES string of the molecule is CC(=O)N1C(=O)C2(c3ccccc31)C13c4c5c6c7c8c9c(c%10c%11c1c1c4c4c%12c5c5c6c6c8c8c%13c9c9c%10c%10c%11c%11c1c1c4c4c%12c%12c5c5c6c8c6c8c%13c9c9c%10c%10c%11c1c1c4c4c%12c5c6c5c8c9c%10c1c45)C723. The lowest BCUT2D eigenvalue weighted by molar-refractivity contribution is -0.126. The first-order valence-corrected chi connectivity index (χ1v) is 26.9. The number of hydrogen-bond acceptors (Lipinski definition) is 2. The number of rotatable bonds is 0. The molecule has 3 spiro atoms. The number of imide groups is 1. The van der Waals surface area contributed by atoms with Gasteiger partial charge < -0.3 is 0 Å². The van der Waals surface area contributed by atoms with E-state index in [1.54, 1.807) is 217 Å². The minimum absolute atomic E-state index is 0.0243. The topological polar surface area (TPSA) is 37.4 Å². The van der Waals surface area contributed by atoms with E-state index in [-0.39, 0.29) is 11.8 Å². The summed E-state index contributed by atoms with van der Waals surface area (Å²) in [6.07, 6.45) is 0. The van der Waals surface area contributed by atoms with Gasteiger partial charge in [0.1, 0.15) is 5.41 Å². The Morgan fingerprint density at radius 3 is 0.644 bits per heavy atom. The average Bonchev–Trinajstić information content (AvgIpc) is 4.41. The van der Waals surface area contributed by atoms with Crippen LogP contribution in [0, 0.1) is 0 Å². The fourth-order valence-corrected chi connectivity index (χ4v) is 27.0. The van der Waals surface area contributed by atoms with Crippen molar-refractivity contribution in [3.05, 3.63) is 52.1 Å². The van der Waals surface area contributed by atoms with Crippen LogP contribution in [0.3, 0.4) is 0 Å². The summed E-state index contributed by atoms with van der Waals surface area (Å²) in [5.41, 5.74) is 5.32. The van der Waals surface area contributed by atoms with E-state index < -0.39 is 16.2 Å². The van der Waals surface area contributed by atoms with Crippen LogP contribution >= 0.6 is 0 Å². The van der Waals surface area contributed by atoms with E-state index >= 15 is 4.79 Å². The third-order valence-electron chi connectivity index (χ3n) is 26.8. The van der Waals surface area contributed by atoms with E-state index in [1.807, 2.05) is 0 Å². The summed E-state index contributed by atoms with van der Waals surface area (Å²) in [7, 11) is 0. The van der Waals surface area contributed by atoms with Crippen LogP contribution in [-0.2, 0) is 25.8 Å². The van der Waals surface area contributed by atoms with Gasteiger partial charge in [-0.2, -0.15) is 0 Å². The van der Waals surface area contributed by atoms with E-state index in [0.29, 0.717) is 0 Å². The van der Waals surface area contributed by atoms with Crippen molar-refractivity contribution in [3.63, 3.8) is 0 Å². The molecule has 73 heavy (non-hydrogen) atoms. The number of nitrogens with zero attached hydrogens (tertiary/aromatic N) is 1. The van der Waals surface area contributed by atoms with Crippen molar-refractivity contribution in [2.75, 3.05) is 4.90 Å². The van der Waals surface area contributed by atoms with Crippen LogP contribution in [0.1, 0.15) is 34.7 Å². The Morgan fingerprint density at radius 1 is 0.274 bits per heavy atom. The Morgan fingerprint density at radius 2 is 0.452 bits per heavy atom. The standard InChI is InChI=1S/C70H7NO2/c1-6(72)71-8-5-3-2-4-7(8)68(67(71)73)69-63-55-47-37-27-19-11-9-10-13-17-15(11)23-31-25(17)35-29-21(13)22-14(10)18-16-12(9)20(19)28-34-24(16)32-26(18)36-30(22)40-39(29)49-43(35)53-45(31)51(41(47)33(23)27)59(63)61(53)65-57(49)58-50(40)44(36)54-46(32)52-42(34)48(38(28)37)56(55)64(69)60(52)62(54)66(58)70(65,68)69/h2-5H,1H3. The quantitative estimate of drug-likeness (QED) is 0.142. The predicted octanol–water partition coefficient (Wildman–Crippen LogP) is 17.1. The zero-order chi connectivity index (χ0) is 43.7. The first-order chi connectivity index (χ1) is 36.2. The second kappa shape index (κ2) is 5.89. The van der Waals surface area contributed by atoms with Gasteiger partial charge in [-0.15, -0.1) is 0 Å². The molecule has 0 atom stereocenters. The van der Waals surface area contributed by atoms with Gasteiger partial charge in [-0.1, -0.05) is 18.2 Å². The summed E-state index contributed by atoms with van der Waals surface area (Å²) in [5.74, 6) is -0.140. The van der Waals surface area contributed by atoms with Crippen LogP contribution in [0.4, 0.5) is 5.69 Å². The van der Waals surface area contributed by atoms with Crippen molar-refractivity contribution in [1.29, 1.82) is 0 Å². The van der Waals surface area contributed by atoms with Gasteiger partial charge in [0.15, 0.2) is 0 Å². The minimum atomic E-state index is -1.05. The number of carbonyl (C=O) groups is 2. The highest BCUT2D eigenvalue weighted by atomic mass is 16.2. The number of carbonyl (C=O) groups excluding carboxylic acids is 2. The summed E-state index contributed by atoms with van der Waals surface area (Å²) in [6, 6.07) is 8.72. The number of para-hydroxylation sites is 1. The van der Waals surface area contributed by atoms with Gasteiger partial charge in [-0.25, -0.2) is 4.90 Å². The molecule has 0 bridgehead atoms. The summed E-state index contributed by atoms with van der Waals surface area (Å²) >= 11 is 0. The lowest BCUT2D eigenvalue weighted by atomic mass is 9.68. The van der Waals surface area contributed by atoms with Crippen LogP contribution in [0.2, 0.25) is 0 Å². The van der Waals surface area contributed by atoms with Crippen LogP contribution in [0.5, 0.6) is 0 Å². The van der Waals surface area contributed by atoms with E-state index in [2.05, 4.69) is 24.3 Å². The molecule has 29 aromatic carbocycles. The van der Waals surface area contributed by atoms with Gasteiger partial charge in [0.05, 0.1) is 16.5 Å². The van der Waals surface area contributed by atoms with Crippen molar-refractivity contribution in [2.45, 2.75) is 23.2 Å². The molecule has 3 heteroatoms. The molecule has 1 saturated carbocycles. The normalized spacial score (nSPS) is 24.5. The monoisotopic (exact) mass is 893 g/mol. The number of hydrogen-bond donors (Lipinski definition) is 0. The first kappa shape index (κ1) is 26.9. The number of benzene rings is 19. The highest BCUT2D eigenvalue weighted by molar-refractivity contribution is 6.82. The Labute approximate surface area is 396 Å². The highest BCUT2D eigenvalue weighted by Gasteiger charge is 2.99. The third kappa shape index (κ3) is 1.35. The largest absolute Gasteiger partial charge is 0.274 e. The van der Waals surface area contributed by atoms with Gasteiger partial charge in [0.25, 0.3) is 0 Å². The van der Waals surface area contributed by atoms with Gasteiger partial charge in [-0.05, 0) is 325 Å². The fraction of sp³-hybridized carbons (Fsp3) is 0.0571. The molecule has 5 aliphatic carbocycles. The Bertz CT molecular complexity index is 7150. The molecule has 0 saturated heterocycles. The zero-order valence-electron chi connectivity index (χ0n) is 37.1. The Kier molecular flexibility index (Phi) is 2.17. The highest BCUT2D eigenvalue weighted by Crippen LogP contribution is 2.97. The predicted molar refractivity (Wildman–Crippen MR) is 300 cm³/mol. The molecule has 1 fully saturated rings. The van der Waals surface area contributed by atoms with Crippen LogP contribution in [0.15, 0.2) is 24.3 Å². The van der Waals surface area contributed by atoms with E-state index in [4.69, 9.17) is 0 Å². The van der Waals surface area contributed by atoms with E-state index in [1.165, 1.54) is 108 Å². The summed E-state index contributed by atoms with van der Waals surface area (Å²) < 4.78 is 0. The molecule has 0 radical (unpaired) electrons. The molecule has 304 valence electrons. The lowest BCUT2D eigenvalue weighted by Gasteiger charge is -2.32. The molecule has 0 N–H and O–H groups in total. The second-order valence-electron chi connectivity index (χ2n) is 26.7. The molecule has 2 amide bonds. The number of anilines is 1. The molecule has 0 unspecified atom stereocenters. The smallest absolute Gasteiger partial charge is 0.247 e. The molecule has 0 aromatic heterocycles. The molecule has 6 aliphatic rings. The van der Waals surface area contributed by atoms with E-state index in [9.17, 15) is 4.79 Å². The molecular formula is C70H7NO2. The average molecular weight is 894 g/mol. The van der Waals surface area contributed by atoms with Crippen LogP contribution in [-0.4, -0.2) is 11.8 Å². The maximum atomic E-state index is 17.4. The molecule has 29 aromatic rings. The third-order valence-corrected chi connectivity index (χ3v) is 26.8. The molecule has 1 aliphatic heterocycles.